The van der Waals surface area contributed by atoms with E-state index in [1.165, 1.54) is 7.11 Å². The quantitative estimate of drug-likeness (QED) is 0.354. The Kier molecular flexibility index (Phi) is 6.75. The number of carbonyl (C=O) groups excluding carboxylic acids is 1. The van der Waals surface area contributed by atoms with Crippen LogP contribution in [0, 0.1) is 0 Å². The minimum absolute atomic E-state index is 0.343. The van der Waals surface area contributed by atoms with Crippen molar-refractivity contribution in [2.75, 3.05) is 34.9 Å². The fraction of sp³-hybridized carbons (Fsp3) is 0.259. The van der Waals surface area contributed by atoms with Gasteiger partial charge in [0.2, 0.25) is 0 Å². The first kappa shape index (κ1) is 22.6. The second kappa shape index (κ2) is 9.88. The monoisotopic (exact) mass is 443 g/mol. The number of aryl methyl sites for hydroxylation is 1. The summed E-state index contributed by atoms with van der Waals surface area (Å²) in [6.07, 6.45) is 6.81. The zero-order chi connectivity index (χ0) is 23.4. The van der Waals surface area contributed by atoms with Crippen LogP contribution >= 0.6 is 0 Å². The Labute approximate surface area is 194 Å². The molecule has 170 valence electrons. The highest BCUT2D eigenvalue weighted by molar-refractivity contribution is 6.10. The summed E-state index contributed by atoms with van der Waals surface area (Å²) in [6, 6.07) is 15.8. The number of aromatic nitrogens is 2. The normalized spacial score (nSPS) is 11.2. The van der Waals surface area contributed by atoms with E-state index in [1.807, 2.05) is 48.8 Å². The van der Waals surface area contributed by atoms with E-state index in [1.54, 1.807) is 7.11 Å². The lowest BCUT2D eigenvalue weighted by molar-refractivity contribution is 0.0603. The molecule has 0 unspecified atom stereocenters. The van der Waals surface area contributed by atoms with Gasteiger partial charge in [0.25, 0.3) is 0 Å². The molecule has 4 rings (SSSR count). The van der Waals surface area contributed by atoms with Crippen molar-refractivity contribution in [2.24, 2.45) is 0 Å². The largest absolute Gasteiger partial charge is 0.497 e. The average molecular weight is 444 g/mol. The molecule has 6 heteroatoms. The fourth-order valence-corrected chi connectivity index (χ4v) is 4.14. The number of fused-ring (bicyclic) bond motifs is 1. The van der Waals surface area contributed by atoms with E-state index in [0.717, 1.165) is 58.4 Å². The van der Waals surface area contributed by atoms with Gasteiger partial charge < -0.3 is 18.9 Å². The topological polar surface area (TPSA) is 56.6 Å². The van der Waals surface area contributed by atoms with Gasteiger partial charge in [-0.15, -0.1) is 0 Å². The predicted octanol–water partition coefficient (Wildman–Crippen LogP) is 5.12. The van der Waals surface area contributed by atoms with Crippen molar-refractivity contribution >= 4 is 16.9 Å². The number of carbonyl (C=O) groups is 1. The minimum Gasteiger partial charge on any atom is -0.497 e. The molecule has 0 spiro atoms. The smallest absolute Gasteiger partial charge is 0.338 e. The molecule has 0 fully saturated rings. The highest BCUT2D eigenvalue weighted by Gasteiger charge is 2.19. The summed E-state index contributed by atoms with van der Waals surface area (Å²) in [5.74, 6) is 0.452. The molecule has 0 saturated carbocycles. The Balaban J connectivity index is 1.85. The van der Waals surface area contributed by atoms with Crippen molar-refractivity contribution in [3.8, 4) is 28.0 Å². The van der Waals surface area contributed by atoms with E-state index < -0.39 is 0 Å². The lowest BCUT2D eigenvalue weighted by atomic mass is 9.99. The summed E-state index contributed by atoms with van der Waals surface area (Å²) in [4.78, 5) is 19.3. The molecular formula is C27H29N3O3. The molecule has 0 atom stereocenters. The highest BCUT2D eigenvalue weighted by Crippen LogP contribution is 2.35. The van der Waals surface area contributed by atoms with Gasteiger partial charge in [-0.05, 0) is 63.0 Å². The summed E-state index contributed by atoms with van der Waals surface area (Å²) in [6.45, 7) is 1.83. The Morgan fingerprint density at radius 1 is 1.00 bits per heavy atom. The summed E-state index contributed by atoms with van der Waals surface area (Å²) >= 11 is 0. The number of hydrogen-bond acceptors (Lipinski definition) is 5. The summed E-state index contributed by atoms with van der Waals surface area (Å²) in [5.41, 5.74) is 5.49. The SMILES string of the molecule is COC(=O)c1cccc2c1c(-c1cncc(-c3cccc(OC)c3)c1)cn2CCCN(C)C. The Bertz CT molecular complexity index is 1280. The van der Waals surface area contributed by atoms with Gasteiger partial charge in [0.05, 0.1) is 19.8 Å². The molecule has 0 bridgehead atoms. The number of benzene rings is 2. The van der Waals surface area contributed by atoms with Gasteiger partial charge in [0, 0.05) is 52.7 Å². The number of methoxy groups -OCH3 is 2. The van der Waals surface area contributed by atoms with E-state index in [9.17, 15) is 4.79 Å². The molecule has 2 aromatic carbocycles. The molecule has 0 amide bonds. The molecule has 33 heavy (non-hydrogen) atoms. The zero-order valence-electron chi connectivity index (χ0n) is 19.5. The number of hydrogen-bond donors (Lipinski definition) is 0. The van der Waals surface area contributed by atoms with Crippen LogP contribution < -0.4 is 4.74 Å². The third-order valence-electron chi connectivity index (χ3n) is 5.77. The number of esters is 1. The van der Waals surface area contributed by atoms with Crippen LogP contribution in [0.25, 0.3) is 33.2 Å². The van der Waals surface area contributed by atoms with E-state index in [4.69, 9.17) is 9.47 Å². The number of ether oxygens (including phenoxy) is 2. The van der Waals surface area contributed by atoms with Crippen LogP contribution in [-0.2, 0) is 11.3 Å². The van der Waals surface area contributed by atoms with Crippen LogP contribution in [0.2, 0.25) is 0 Å². The van der Waals surface area contributed by atoms with Crippen molar-refractivity contribution in [3.05, 3.63) is 72.7 Å². The first-order valence-electron chi connectivity index (χ1n) is 11.0. The van der Waals surface area contributed by atoms with Crippen molar-refractivity contribution in [3.63, 3.8) is 0 Å². The molecule has 2 aromatic heterocycles. The molecule has 0 aliphatic rings. The van der Waals surface area contributed by atoms with Gasteiger partial charge >= 0.3 is 5.97 Å². The molecule has 0 saturated heterocycles. The van der Waals surface area contributed by atoms with E-state index >= 15 is 0 Å². The second-order valence-electron chi connectivity index (χ2n) is 8.28. The lowest BCUT2D eigenvalue weighted by Gasteiger charge is -2.10. The molecule has 0 aliphatic carbocycles. The van der Waals surface area contributed by atoms with Crippen LogP contribution in [0.5, 0.6) is 5.75 Å². The Morgan fingerprint density at radius 2 is 1.79 bits per heavy atom. The molecule has 2 heterocycles. The molecular weight excluding hydrogens is 414 g/mol. The van der Waals surface area contributed by atoms with Crippen molar-refractivity contribution < 1.29 is 14.3 Å². The third kappa shape index (κ3) is 4.76. The zero-order valence-corrected chi connectivity index (χ0v) is 19.5. The maximum Gasteiger partial charge on any atom is 0.338 e. The van der Waals surface area contributed by atoms with Gasteiger partial charge in [-0.2, -0.15) is 0 Å². The average Bonchev–Trinajstić information content (AvgIpc) is 3.22. The maximum atomic E-state index is 12.6. The number of rotatable bonds is 8. The van der Waals surface area contributed by atoms with Crippen LogP contribution in [0.4, 0.5) is 0 Å². The molecule has 0 radical (unpaired) electrons. The molecule has 6 nitrogen and oxygen atoms in total. The molecule has 4 aromatic rings. The van der Waals surface area contributed by atoms with Crippen LogP contribution in [0.1, 0.15) is 16.8 Å². The van der Waals surface area contributed by atoms with Gasteiger partial charge in [0.1, 0.15) is 5.75 Å². The Hall–Kier alpha value is -3.64. The van der Waals surface area contributed by atoms with Crippen LogP contribution in [0.3, 0.4) is 0 Å². The summed E-state index contributed by atoms with van der Waals surface area (Å²) in [5, 5.41) is 0.888. The van der Waals surface area contributed by atoms with Gasteiger partial charge in [0.15, 0.2) is 0 Å². The maximum absolute atomic E-state index is 12.6. The van der Waals surface area contributed by atoms with Crippen molar-refractivity contribution in [1.29, 1.82) is 0 Å². The second-order valence-corrected chi connectivity index (χ2v) is 8.28. The van der Waals surface area contributed by atoms with Gasteiger partial charge in [-0.1, -0.05) is 18.2 Å². The minimum atomic E-state index is -0.343. The first-order valence-corrected chi connectivity index (χ1v) is 11.0. The first-order chi connectivity index (χ1) is 16.0. The van der Waals surface area contributed by atoms with E-state index in [2.05, 4.69) is 46.9 Å². The summed E-state index contributed by atoms with van der Waals surface area (Å²) < 4.78 is 12.7. The van der Waals surface area contributed by atoms with Crippen molar-refractivity contribution in [2.45, 2.75) is 13.0 Å². The van der Waals surface area contributed by atoms with E-state index in [0.29, 0.717) is 5.56 Å². The van der Waals surface area contributed by atoms with Crippen molar-refractivity contribution in [1.82, 2.24) is 14.5 Å². The molecule has 0 N–H and O–H groups in total. The predicted molar refractivity (Wildman–Crippen MR) is 132 cm³/mol. The summed E-state index contributed by atoms with van der Waals surface area (Å²) in [7, 11) is 7.22. The number of nitrogens with zero attached hydrogens (tertiary/aromatic N) is 3. The van der Waals surface area contributed by atoms with Crippen LogP contribution in [-0.4, -0.2) is 55.3 Å². The van der Waals surface area contributed by atoms with E-state index in [-0.39, 0.29) is 5.97 Å². The standard InChI is InChI=1S/C27H29N3O3/c1-29(2)12-7-13-30-18-24(26-23(27(31)33-4)10-6-11-25(26)30)21-14-20(16-28-17-21)19-8-5-9-22(15-19)32-3/h5-6,8-11,14-18H,7,12-13H2,1-4H3. The molecule has 0 aliphatic heterocycles. The highest BCUT2D eigenvalue weighted by atomic mass is 16.5. The Morgan fingerprint density at radius 3 is 2.55 bits per heavy atom. The fourth-order valence-electron chi connectivity index (χ4n) is 4.14. The number of pyridine rings is 1. The van der Waals surface area contributed by atoms with Gasteiger partial charge in [-0.25, -0.2) is 4.79 Å². The van der Waals surface area contributed by atoms with Gasteiger partial charge in [-0.3, -0.25) is 4.98 Å². The van der Waals surface area contributed by atoms with Crippen LogP contribution in [0.15, 0.2) is 67.1 Å². The third-order valence-corrected chi connectivity index (χ3v) is 5.77. The lowest BCUT2D eigenvalue weighted by Crippen LogP contribution is -2.14.